The van der Waals surface area contributed by atoms with Crippen LogP contribution in [-0.2, 0) is 0 Å². The predicted molar refractivity (Wildman–Crippen MR) is 84.9 cm³/mol. The third-order valence-electron chi connectivity index (χ3n) is 1.70. The first-order valence-electron chi connectivity index (χ1n) is 5.56. The molecule has 0 aliphatic heterocycles. The van der Waals surface area contributed by atoms with Gasteiger partial charge in [0.05, 0.1) is 0 Å². The lowest BCUT2D eigenvalue weighted by Crippen LogP contribution is -1.91. The number of nitrogens with zero attached hydrogens (tertiary/aromatic N) is 1. The molecule has 1 nitrogen and oxygen atoms in total. The Hall–Kier alpha value is -0.590. The van der Waals surface area contributed by atoms with Crippen LogP contribution in [-0.4, -0.2) is 22.4 Å². The Morgan fingerprint density at radius 3 is 1.88 bits per heavy atom. The number of terminal acetylenes is 1. The Kier molecular flexibility index (Phi) is 10.2. The molecule has 0 amide bonds. The second kappa shape index (κ2) is 10.6. The molecule has 0 aromatic heterocycles. The maximum Gasteiger partial charge on any atom is 0.126 e. The van der Waals surface area contributed by atoms with Crippen LogP contribution in [0.15, 0.2) is 28.3 Å². The normalized spacial score (nSPS) is 9.12. The van der Waals surface area contributed by atoms with Crippen molar-refractivity contribution in [2.45, 2.75) is 27.7 Å². The molecule has 0 aliphatic carbocycles. The molecule has 0 radical (unpaired) electrons. The summed E-state index contributed by atoms with van der Waals surface area (Å²) >= 11 is 3.51. The summed E-state index contributed by atoms with van der Waals surface area (Å²) in [7, 11) is 0. The summed E-state index contributed by atoms with van der Waals surface area (Å²) in [4.78, 5) is 4.38. The molecule has 0 aromatic carbocycles. The third kappa shape index (κ3) is 11.7. The van der Waals surface area contributed by atoms with Gasteiger partial charge in [0.1, 0.15) is 10.9 Å². The van der Waals surface area contributed by atoms with Gasteiger partial charge in [-0.25, -0.2) is 0 Å². The SMILES string of the molecule is C#CCN=C(SCC=C(C)C)SCC=C(C)C. The van der Waals surface area contributed by atoms with Crippen molar-refractivity contribution in [1.82, 2.24) is 0 Å². The Morgan fingerprint density at radius 1 is 1.06 bits per heavy atom. The van der Waals surface area contributed by atoms with E-state index in [4.69, 9.17) is 6.42 Å². The van der Waals surface area contributed by atoms with E-state index in [2.05, 4.69) is 50.8 Å². The molecule has 3 heteroatoms. The molecular weight excluding hydrogens is 246 g/mol. The number of thioether (sulfide) groups is 2. The van der Waals surface area contributed by atoms with E-state index < -0.39 is 0 Å². The van der Waals surface area contributed by atoms with Gasteiger partial charge in [-0.2, -0.15) is 0 Å². The van der Waals surface area contributed by atoms with E-state index in [1.54, 1.807) is 23.5 Å². The molecule has 0 aliphatic rings. The topological polar surface area (TPSA) is 12.4 Å². The Balaban J connectivity index is 4.20. The molecule has 0 bridgehead atoms. The highest BCUT2D eigenvalue weighted by Gasteiger charge is 1.99. The van der Waals surface area contributed by atoms with Crippen LogP contribution in [0.3, 0.4) is 0 Å². The van der Waals surface area contributed by atoms with Gasteiger partial charge < -0.3 is 0 Å². The maximum atomic E-state index is 5.23. The van der Waals surface area contributed by atoms with Crippen LogP contribution in [0.4, 0.5) is 0 Å². The van der Waals surface area contributed by atoms with Crippen molar-refractivity contribution in [3.05, 3.63) is 23.3 Å². The Labute approximate surface area is 114 Å². The molecule has 0 fully saturated rings. The molecular formula is C14H21NS2. The van der Waals surface area contributed by atoms with Crippen molar-refractivity contribution < 1.29 is 0 Å². The summed E-state index contributed by atoms with van der Waals surface area (Å²) in [6.07, 6.45) is 9.64. The Bertz CT molecular complexity index is 314. The average Bonchev–Trinajstić information content (AvgIpc) is 2.24. The van der Waals surface area contributed by atoms with Crippen LogP contribution >= 0.6 is 23.5 Å². The van der Waals surface area contributed by atoms with Gasteiger partial charge in [-0.3, -0.25) is 4.99 Å². The van der Waals surface area contributed by atoms with Crippen LogP contribution in [0, 0.1) is 12.3 Å². The van der Waals surface area contributed by atoms with Crippen molar-refractivity contribution in [2.75, 3.05) is 18.1 Å². The van der Waals surface area contributed by atoms with Crippen molar-refractivity contribution in [3.8, 4) is 12.3 Å². The first-order chi connectivity index (χ1) is 8.06. The first-order valence-corrected chi connectivity index (χ1v) is 7.53. The highest BCUT2D eigenvalue weighted by Crippen LogP contribution is 2.18. The zero-order valence-corrected chi connectivity index (χ0v) is 12.8. The standard InChI is InChI=1S/C14H21NS2/c1-6-9-15-14(16-10-7-12(2)3)17-11-8-13(4)5/h1,7-8H,9-11H2,2-5H3. The number of hydrogen-bond acceptors (Lipinski definition) is 3. The maximum absolute atomic E-state index is 5.23. The van der Waals surface area contributed by atoms with E-state index in [-0.39, 0.29) is 0 Å². The van der Waals surface area contributed by atoms with E-state index in [0.29, 0.717) is 6.54 Å². The zero-order valence-electron chi connectivity index (χ0n) is 11.1. The van der Waals surface area contributed by atoms with Gasteiger partial charge >= 0.3 is 0 Å². The molecule has 94 valence electrons. The van der Waals surface area contributed by atoms with E-state index >= 15 is 0 Å². The van der Waals surface area contributed by atoms with Gasteiger partial charge in [-0.1, -0.05) is 52.7 Å². The molecule has 0 saturated carbocycles. The summed E-state index contributed by atoms with van der Waals surface area (Å²) in [6.45, 7) is 8.90. The van der Waals surface area contributed by atoms with Crippen molar-refractivity contribution in [3.63, 3.8) is 0 Å². The van der Waals surface area contributed by atoms with Crippen molar-refractivity contribution in [1.29, 1.82) is 0 Å². The molecule has 0 atom stereocenters. The third-order valence-corrected chi connectivity index (χ3v) is 3.82. The molecule has 0 N–H and O–H groups in total. The summed E-state index contributed by atoms with van der Waals surface area (Å²) in [5.74, 6) is 4.48. The van der Waals surface area contributed by atoms with Gasteiger partial charge in [0, 0.05) is 11.5 Å². The highest BCUT2D eigenvalue weighted by atomic mass is 32.2. The quantitative estimate of drug-likeness (QED) is 0.317. The molecule has 17 heavy (non-hydrogen) atoms. The molecule has 0 rings (SSSR count). The van der Waals surface area contributed by atoms with Gasteiger partial charge in [0.15, 0.2) is 0 Å². The highest BCUT2D eigenvalue weighted by molar-refractivity contribution is 8.39. The minimum absolute atomic E-state index is 0.471. The number of hydrogen-bond donors (Lipinski definition) is 0. The van der Waals surface area contributed by atoms with Gasteiger partial charge in [0.2, 0.25) is 0 Å². The van der Waals surface area contributed by atoms with Gasteiger partial charge in [-0.15, -0.1) is 6.42 Å². The summed E-state index contributed by atoms with van der Waals surface area (Å²) in [5, 5.41) is 0. The lowest BCUT2D eigenvalue weighted by atomic mass is 10.3. The number of rotatable bonds is 5. The lowest BCUT2D eigenvalue weighted by Gasteiger charge is -2.02. The second-order valence-corrected chi connectivity index (χ2v) is 6.25. The first kappa shape index (κ1) is 16.4. The molecule has 0 spiro atoms. The average molecular weight is 267 g/mol. The molecule has 0 saturated heterocycles. The van der Waals surface area contributed by atoms with Crippen LogP contribution in [0.5, 0.6) is 0 Å². The second-order valence-electron chi connectivity index (χ2n) is 3.97. The van der Waals surface area contributed by atoms with Crippen molar-refractivity contribution >= 4 is 27.9 Å². The van der Waals surface area contributed by atoms with Crippen LogP contribution in [0.2, 0.25) is 0 Å². The summed E-state index contributed by atoms with van der Waals surface area (Å²) in [5.41, 5.74) is 2.67. The van der Waals surface area contributed by atoms with E-state index in [1.165, 1.54) is 11.1 Å². The number of allylic oxidation sites excluding steroid dienone is 2. The molecule has 0 unspecified atom stereocenters. The summed E-state index contributed by atoms with van der Waals surface area (Å²) < 4.78 is 1.08. The van der Waals surface area contributed by atoms with E-state index in [0.717, 1.165) is 15.9 Å². The molecule has 0 heterocycles. The largest absolute Gasteiger partial charge is 0.259 e. The zero-order chi connectivity index (χ0) is 13.1. The van der Waals surface area contributed by atoms with Gasteiger partial charge in [0.25, 0.3) is 0 Å². The van der Waals surface area contributed by atoms with Crippen LogP contribution < -0.4 is 0 Å². The fraction of sp³-hybridized carbons (Fsp3) is 0.500. The minimum Gasteiger partial charge on any atom is -0.259 e. The monoisotopic (exact) mass is 267 g/mol. The molecule has 0 aromatic rings. The summed E-state index contributed by atoms with van der Waals surface area (Å²) in [6, 6.07) is 0. The van der Waals surface area contributed by atoms with Crippen LogP contribution in [0.25, 0.3) is 0 Å². The number of aliphatic imine (C=N–C) groups is 1. The minimum atomic E-state index is 0.471. The fourth-order valence-electron chi connectivity index (χ4n) is 0.802. The Morgan fingerprint density at radius 2 is 1.53 bits per heavy atom. The van der Waals surface area contributed by atoms with Gasteiger partial charge in [-0.05, 0) is 27.7 Å². The van der Waals surface area contributed by atoms with E-state index in [9.17, 15) is 0 Å². The fourth-order valence-corrected chi connectivity index (χ4v) is 2.97. The van der Waals surface area contributed by atoms with Crippen LogP contribution in [0.1, 0.15) is 27.7 Å². The van der Waals surface area contributed by atoms with Crippen molar-refractivity contribution in [2.24, 2.45) is 4.99 Å². The smallest absolute Gasteiger partial charge is 0.126 e. The lowest BCUT2D eigenvalue weighted by molar-refractivity contribution is 1.31. The predicted octanol–water partition coefficient (Wildman–Crippen LogP) is 4.37. The van der Waals surface area contributed by atoms with E-state index in [1.807, 2.05) is 0 Å².